The average molecular weight is 749 g/mol. The van der Waals surface area contributed by atoms with Gasteiger partial charge < -0.3 is 33.7 Å². The van der Waals surface area contributed by atoms with Gasteiger partial charge in [-0.3, -0.25) is 9.10 Å². The van der Waals surface area contributed by atoms with Crippen molar-refractivity contribution in [1.29, 1.82) is 0 Å². The molecule has 2 atom stereocenters. The van der Waals surface area contributed by atoms with Gasteiger partial charge >= 0.3 is 6.09 Å². The molecule has 0 radical (unpaired) electrons. The van der Waals surface area contributed by atoms with Crippen LogP contribution >= 0.6 is 0 Å². The van der Waals surface area contributed by atoms with Gasteiger partial charge in [0, 0.05) is 48.8 Å². The van der Waals surface area contributed by atoms with E-state index in [1.165, 1.54) is 54.9 Å². The van der Waals surface area contributed by atoms with Crippen molar-refractivity contribution in [1.82, 2.24) is 15.1 Å². The summed E-state index contributed by atoms with van der Waals surface area (Å²) in [5, 5.41) is 3.17. The van der Waals surface area contributed by atoms with Crippen molar-refractivity contribution in [3.8, 4) is 22.8 Å². The minimum atomic E-state index is -3.83. The highest BCUT2D eigenvalue weighted by molar-refractivity contribution is 7.92. The molecule has 3 aliphatic rings. The van der Waals surface area contributed by atoms with Crippen LogP contribution in [0.4, 0.5) is 14.9 Å². The van der Waals surface area contributed by atoms with Gasteiger partial charge in [0.15, 0.2) is 0 Å². The number of furan rings is 1. The molecule has 0 spiro atoms. The van der Waals surface area contributed by atoms with E-state index < -0.39 is 34.2 Å². The monoisotopic (exact) mass is 748 g/mol. The number of hydrogen-bond donors (Lipinski definition) is 1. The quantitative estimate of drug-likeness (QED) is 0.209. The van der Waals surface area contributed by atoms with Crippen molar-refractivity contribution < 1.29 is 41.0 Å². The van der Waals surface area contributed by atoms with Crippen LogP contribution in [0, 0.1) is 5.82 Å². The van der Waals surface area contributed by atoms with Crippen molar-refractivity contribution in [2.45, 2.75) is 57.3 Å². The summed E-state index contributed by atoms with van der Waals surface area (Å²) in [4.78, 5) is 30.8. The summed E-state index contributed by atoms with van der Waals surface area (Å²) in [6, 6.07) is 16.4. The van der Waals surface area contributed by atoms with Crippen molar-refractivity contribution >= 4 is 38.7 Å². The number of sulfonamides is 1. The second-order valence-electron chi connectivity index (χ2n) is 14.0. The summed E-state index contributed by atoms with van der Waals surface area (Å²) in [5.74, 6) is 0.490. The molecule has 0 aliphatic carbocycles. The first-order chi connectivity index (χ1) is 25.5. The Morgan fingerprint density at radius 2 is 1.60 bits per heavy atom. The minimum Gasteiger partial charge on any atom is -0.457 e. The zero-order chi connectivity index (χ0) is 37.3. The van der Waals surface area contributed by atoms with Crippen molar-refractivity contribution in [2.24, 2.45) is 0 Å². The molecular formula is C39H45FN4O8S. The molecule has 0 saturated carbocycles. The van der Waals surface area contributed by atoms with E-state index in [1.54, 1.807) is 48.2 Å². The second-order valence-corrected chi connectivity index (χ2v) is 15.9. The van der Waals surface area contributed by atoms with Crippen LogP contribution in [0.25, 0.3) is 22.3 Å². The van der Waals surface area contributed by atoms with Crippen LogP contribution in [-0.4, -0.2) is 95.0 Å². The smallest absolute Gasteiger partial charge is 0.409 e. The van der Waals surface area contributed by atoms with E-state index in [4.69, 9.17) is 18.6 Å². The summed E-state index contributed by atoms with van der Waals surface area (Å²) in [6.45, 7) is 5.07. The molecule has 14 heteroatoms. The van der Waals surface area contributed by atoms with Gasteiger partial charge in [-0.15, -0.1) is 0 Å². The number of likely N-dealkylation sites (tertiary alicyclic amines) is 2. The lowest BCUT2D eigenvalue weighted by atomic mass is 10.0. The fraction of sp³-hybridized carbons (Fsp3) is 0.436. The summed E-state index contributed by atoms with van der Waals surface area (Å²) in [6.07, 6.45) is 4.86. The zero-order valence-electron chi connectivity index (χ0n) is 30.2. The first-order valence-electron chi connectivity index (χ1n) is 18.1. The number of rotatable bonds is 8. The van der Waals surface area contributed by atoms with Gasteiger partial charge in [-0.25, -0.2) is 17.6 Å². The third-order valence-corrected chi connectivity index (χ3v) is 11.5. The van der Waals surface area contributed by atoms with Gasteiger partial charge in [-0.2, -0.15) is 0 Å². The highest BCUT2D eigenvalue weighted by Crippen LogP contribution is 2.42. The molecule has 53 heavy (non-hydrogen) atoms. The Morgan fingerprint density at radius 3 is 2.25 bits per heavy atom. The molecule has 3 aliphatic heterocycles. The fourth-order valence-electron chi connectivity index (χ4n) is 7.60. The van der Waals surface area contributed by atoms with Crippen LogP contribution < -0.4 is 14.4 Å². The van der Waals surface area contributed by atoms with E-state index >= 15 is 0 Å². The van der Waals surface area contributed by atoms with Gasteiger partial charge in [-0.1, -0.05) is 6.42 Å². The van der Waals surface area contributed by atoms with Crippen LogP contribution in [0.15, 0.2) is 65.1 Å². The van der Waals surface area contributed by atoms with Crippen molar-refractivity contribution in [3.05, 3.63) is 77.6 Å². The van der Waals surface area contributed by atoms with Crippen LogP contribution in [0.2, 0.25) is 0 Å². The normalized spacial score (nSPS) is 20.2. The maximum absolute atomic E-state index is 13.4. The lowest BCUT2D eigenvalue weighted by molar-refractivity contribution is -0.0337. The van der Waals surface area contributed by atoms with Crippen LogP contribution in [0.5, 0.6) is 11.5 Å². The third kappa shape index (κ3) is 7.99. The molecule has 1 unspecified atom stereocenters. The molecule has 282 valence electrons. The number of halogens is 1. The first kappa shape index (κ1) is 36.7. The van der Waals surface area contributed by atoms with Crippen LogP contribution in [-0.2, 0) is 19.5 Å². The van der Waals surface area contributed by atoms with Gasteiger partial charge in [0.25, 0.3) is 5.91 Å². The Morgan fingerprint density at radius 1 is 0.943 bits per heavy atom. The first-order valence-corrected chi connectivity index (χ1v) is 20.0. The SMILES string of the molecule is CNC(=O)c1c(-c2ccc(Oc3ccc(F)cc3)cc2)oc2cc3c(cc12)[C@H](C)OC(COC(=O)N1CCC(N2CCCCC2)CC1)CN3S(C)(=O)=O. The number of fused-ring (bicyclic) bond motifs is 2. The van der Waals surface area contributed by atoms with Crippen LogP contribution in [0.3, 0.4) is 0 Å². The highest BCUT2D eigenvalue weighted by Gasteiger charge is 2.35. The van der Waals surface area contributed by atoms with E-state index in [1.807, 2.05) is 0 Å². The number of carbonyl (C=O) groups is 2. The van der Waals surface area contributed by atoms with Gasteiger partial charge in [0.2, 0.25) is 10.0 Å². The second kappa shape index (κ2) is 15.4. The predicted octanol–water partition coefficient (Wildman–Crippen LogP) is 6.70. The molecule has 2 amide bonds. The number of benzene rings is 3. The maximum Gasteiger partial charge on any atom is 0.409 e. The Bertz CT molecular complexity index is 2060. The Kier molecular flexibility index (Phi) is 10.6. The number of ether oxygens (including phenoxy) is 3. The molecule has 2 fully saturated rings. The predicted molar refractivity (Wildman–Crippen MR) is 198 cm³/mol. The van der Waals surface area contributed by atoms with Gasteiger partial charge in [-0.05, 0) is 100 Å². The molecule has 7 rings (SSSR count). The highest BCUT2D eigenvalue weighted by atomic mass is 32.2. The number of hydrogen-bond acceptors (Lipinski definition) is 9. The summed E-state index contributed by atoms with van der Waals surface area (Å²) < 4.78 is 65.4. The lowest BCUT2D eigenvalue weighted by Crippen LogP contribution is -2.48. The van der Waals surface area contributed by atoms with E-state index in [0.717, 1.165) is 32.2 Å². The average Bonchev–Trinajstić information content (AvgIpc) is 3.47. The zero-order valence-corrected chi connectivity index (χ0v) is 31.0. The van der Waals surface area contributed by atoms with E-state index in [2.05, 4.69) is 10.2 Å². The molecule has 4 aromatic rings. The van der Waals surface area contributed by atoms with Crippen molar-refractivity contribution in [3.63, 3.8) is 0 Å². The molecule has 12 nitrogen and oxygen atoms in total. The van der Waals surface area contributed by atoms with Crippen LogP contribution in [0.1, 0.15) is 61.1 Å². The molecular weight excluding hydrogens is 704 g/mol. The number of anilines is 1. The Labute approximate surface area is 308 Å². The van der Waals surface area contributed by atoms with Crippen molar-refractivity contribution in [2.75, 3.05) is 56.9 Å². The number of piperidine rings is 2. The summed E-state index contributed by atoms with van der Waals surface area (Å²) in [7, 11) is -2.31. The minimum absolute atomic E-state index is 0.0859. The number of carbonyl (C=O) groups excluding carboxylic acids is 2. The van der Waals surface area contributed by atoms with E-state index in [-0.39, 0.29) is 30.3 Å². The molecule has 2 saturated heterocycles. The molecule has 1 N–H and O–H groups in total. The third-order valence-electron chi connectivity index (χ3n) is 10.4. The topological polar surface area (TPSA) is 131 Å². The molecule has 4 heterocycles. The molecule has 0 bridgehead atoms. The molecule has 3 aromatic carbocycles. The van der Waals surface area contributed by atoms with Gasteiger partial charge in [0.1, 0.15) is 41.4 Å². The summed E-state index contributed by atoms with van der Waals surface area (Å²) in [5.41, 5.74) is 2.06. The Balaban J connectivity index is 1.11. The Hall–Kier alpha value is -4.66. The number of nitrogens with one attached hydrogen (secondary N) is 1. The largest absolute Gasteiger partial charge is 0.457 e. The summed E-state index contributed by atoms with van der Waals surface area (Å²) >= 11 is 0. The fourth-order valence-corrected chi connectivity index (χ4v) is 8.56. The lowest BCUT2D eigenvalue weighted by Gasteiger charge is -2.39. The maximum atomic E-state index is 13.4. The number of amides is 2. The number of nitrogens with zero attached hydrogens (tertiary/aromatic N) is 3. The van der Waals surface area contributed by atoms with Gasteiger partial charge in [0.05, 0.1) is 30.2 Å². The molecule has 1 aromatic heterocycles. The van der Waals surface area contributed by atoms with E-state index in [0.29, 0.717) is 58.4 Å². The van der Waals surface area contributed by atoms with E-state index in [9.17, 15) is 22.4 Å². The standard InChI is InChI=1S/C39H45FN4O8S/c1-25-32-21-33-35(52-37(36(33)38(45)41-2)26-7-11-29(12-8-26)51-30-13-9-27(40)10-14-30)22-34(32)44(53(3,47)48)23-31(50-25)24-49-39(46)43-19-15-28(16-20-43)42-17-5-4-6-18-42/h7-14,21-22,25,28,31H,4-6,15-20,23-24H2,1-3H3,(H,41,45)/t25-,31?/m0/s1.